The van der Waals surface area contributed by atoms with Crippen molar-refractivity contribution in [2.24, 2.45) is 5.73 Å². The first kappa shape index (κ1) is 19.6. The normalized spacial score (nSPS) is 10.6. The Morgan fingerprint density at radius 3 is 2.79 bits per heavy atom. The molecule has 0 aliphatic carbocycles. The van der Waals surface area contributed by atoms with E-state index in [2.05, 4.69) is 10.3 Å². The fourth-order valence-corrected chi connectivity index (χ4v) is 3.77. The Labute approximate surface area is 167 Å². The number of aromatic nitrogens is 1. The van der Waals surface area contributed by atoms with Crippen LogP contribution in [0.5, 0.6) is 0 Å². The summed E-state index contributed by atoms with van der Waals surface area (Å²) in [5.74, 6) is 0.173. The van der Waals surface area contributed by atoms with E-state index in [-0.39, 0.29) is 27.8 Å². The molecule has 2 aromatic heterocycles. The number of thioether (sulfide) groups is 1. The van der Waals surface area contributed by atoms with Crippen LogP contribution in [0.4, 0.5) is 10.8 Å². The fraction of sp³-hybridized carbons (Fsp3) is 0.118. The molecule has 0 bridgehead atoms. The minimum Gasteiger partial charge on any atom is -0.460 e. The van der Waals surface area contributed by atoms with Gasteiger partial charge in [0.25, 0.3) is 5.69 Å². The van der Waals surface area contributed by atoms with Gasteiger partial charge in [0.2, 0.25) is 11.8 Å². The molecule has 0 saturated carbocycles. The highest BCUT2D eigenvalue weighted by atomic mass is 32.2. The summed E-state index contributed by atoms with van der Waals surface area (Å²) >= 11 is 2.23. The van der Waals surface area contributed by atoms with E-state index >= 15 is 0 Å². The number of hydrogen-bond acceptors (Lipinski definition) is 8. The molecule has 1 aromatic carbocycles. The molecular formula is C17H14N4O5S2. The summed E-state index contributed by atoms with van der Waals surface area (Å²) in [7, 11) is 0. The molecule has 0 aliphatic rings. The van der Waals surface area contributed by atoms with Gasteiger partial charge in [-0.2, -0.15) is 0 Å². The molecule has 9 nitrogen and oxygen atoms in total. The van der Waals surface area contributed by atoms with Gasteiger partial charge in [-0.25, -0.2) is 4.98 Å². The van der Waals surface area contributed by atoms with Gasteiger partial charge in [-0.3, -0.25) is 19.7 Å². The average molecular weight is 418 g/mol. The Hall–Kier alpha value is -3.18. The van der Waals surface area contributed by atoms with E-state index in [9.17, 15) is 19.7 Å². The van der Waals surface area contributed by atoms with Gasteiger partial charge in [-0.05, 0) is 31.2 Å². The van der Waals surface area contributed by atoms with Crippen LogP contribution >= 0.6 is 23.1 Å². The molecule has 0 spiro atoms. The molecule has 2 heterocycles. The second-order valence-corrected chi connectivity index (χ2v) is 7.46. The van der Waals surface area contributed by atoms with E-state index in [4.69, 9.17) is 10.2 Å². The Kier molecular flexibility index (Phi) is 5.76. The number of nitrogens with two attached hydrogens (primary N) is 1. The van der Waals surface area contributed by atoms with Crippen LogP contribution in [0.25, 0.3) is 11.5 Å². The number of carbonyl (C=O) groups is 2. The van der Waals surface area contributed by atoms with Crippen LogP contribution in [-0.2, 0) is 4.79 Å². The minimum atomic E-state index is -0.760. The number of aryl methyl sites for hydroxylation is 1. The number of benzene rings is 1. The first-order valence-corrected chi connectivity index (χ1v) is 9.73. The molecule has 0 fully saturated rings. The largest absolute Gasteiger partial charge is 0.460 e. The highest BCUT2D eigenvalue weighted by Gasteiger charge is 2.18. The van der Waals surface area contributed by atoms with E-state index in [0.29, 0.717) is 16.6 Å². The molecule has 3 N–H and O–H groups in total. The van der Waals surface area contributed by atoms with E-state index in [1.807, 2.05) is 13.0 Å². The number of hydrogen-bond donors (Lipinski definition) is 2. The number of nitro benzene ring substituents is 1. The number of thiazole rings is 1. The predicted molar refractivity (Wildman–Crippen MR) is 106 cm³/mol. The van der Waals surface area contributed by atoms with Crippen molar-refractivity contribution in [2.75, 3.05) is 11.1 Å². The summed E-state index contributed by atoms with van der Waals surface area (Å²) in [5, 5.41) is 16.0. The maximum atomic E-state index is 12.2. The summed E-state index contributed by atoms with van der Waals surface area (Å²) in [6.45, 7) is 1.82. The summed E-state index contributed by atoms with van der Waals surface area (Å²) in [6.07, 6.45) is 0. The molecule has 3 rings (SSSR count). The third-order valence-electron chi connectivity index (χ3n) is 3.54. The van der Waals surface area contributed by atoms with Gasteiger partial charge in [0.05, 0.1) is 15.6 Å². The highest BCUT2D eigenvalue weighted by molar-refractivity contribution is 8.00. The van der Waals surface area contributed by atoms with E-state index in [1.54, 1.807) is 11.4 Å². The lowest BCUT2D eigenvalue weighted by atomic mass is 10.2. The Bertz CT molecular complexity index is 1060. The Morgan fingerprint density at radius 2 is 2.14 bits per heavy atom. The van der Waals surface area contributed by atoms with Gasteiger partial charge in [0.1, 0.15) is 11.5 Å². The van der Waals surface area contributed by atoms with Crippen molar-refractivity contribution in [3.8, 4) is 11.5 Å². The molecule has 2 amide bonds. The fourth-order valence-electron chi connectivity index (χ4n) is 2.25. The number of furan rings is 1. The lowest BCUT2D eigenvalue weighted by Crippen LogP contribution is -2.14. The van der Waals surface area contributed by atoms with Crippen LogP contribution in [0, 0.1) is 17.0 Å². The number of rotatable bonds is 7. The Morgan fingerprint density at radius 1 is 1.36 bits per heavy atom. The molecule has 0 aliphatic heterocycles. The molecule has 0 radical (unpaired) electrons. The number of nitro groups is 1. The van der Waals surface area contributed by atoms with Crippen LogP contribution in [0.3, 0.4) is 0 Å². The quantitative estimate of drug-likeness (QED) is 0.340. The monoisotopic (exact) mass is 418 g/mol. The summed E-state index contributed by atoms with van der Waals surface area (Å²) in [6, 6.07) is 7.49. The number of nitrogens with one attached hydrogen (secondary N) is 1. The van der Waals surface area contributed by atoms with Crippen molar-refractivity contribution < 1.29 is 18.9 Å². The van der Waals surface area contributed by atoms with Crippen molar-refractivity contribution in [2.45, 2.75) is 11.8 Å². The number of amides is 2. The molecule has 28 heavy (non-hydrogen) atoms. The summed E-state index contributed by atoms with van der Waals surface area (Å²) < 4.78 is 5.49. The predicted octanol–water partition coefficient (Wildman–Crippen LogP) is 3.45. The van der Waals surface area contributed by atoms with Gasteiger partial charge in [0.15, 0.2) is 10.9 Å². The summed E-state index contributed by atoms with van der Waals surface area (Å²) in [4.78, 5) is 38.5. The number of anilines is 1. The number of primary amides is 1. The van der Waals surface area contributed by atoms with Crippen molar-refractivity contribution in [3.63, 3.8) is 0 Å². The Balaban J connectivity index is 1.64. The van der Waals surface area contributed by atoms with Crippen LogP contribution in [0.1, 0.15) is 16.1 Å². The van der Waals surface area contributed by atoms with Crippen molar-refractivity contribution in [1.82, 2.24) is 4.98 Å². The zero-order valence-corrected chi connectivity index (χ0v) is 16.1. The number of nitrogens with zero attached hydrogens (tertiary/aromatic N) is 2. The van der Waals surface area contributed by atoms with E-state index < -0.39 is 10.8 Å². The lowest BCUT2D eigenvalue weighted by molar-refractivity contribution is -0.387. The molecule has 144 valence electrons. The second kappa shape index (κ2) is 8.23. The highest BCUT2D eigenvalue weighted by Crippen LogP contribution is 2.31. The molecule has 0 saturated heterocycles. The third-order valence-corrected chi connectivity index (χ3v) is 5.36. The smallest absolute Gasteiger partial charge is 0.283 e. The maximum Gasteiger partial charge on any atom is 0.283 e. The molecule has 11 heteroatoms. The van der Waals surface area contributed by atoms with Gasteiger partial charge in [-0.1, -0.05) is 0 Å². The number of carbonyl (C=O) groups excluding carboxylic acids is 2. The molecular weight excluding hydrogens is 404 g/mol. The van der Waals surface area contributed by atoms with Gasteiger partial charge >= 0.3 is 0 Å². The summed E-state index contributed by atoms with van der Waals surface area (Å²) in [5.41, 5.74) is 5.50. The molecule has 3 aromatic rings. The van der Waals surface area contributed by atoms with Gasteiger partial charge in [-0.15, -0.1) is 23.1 Å². The van der Waals surface area contributed by atoms with E-state index in [1.165, 1.54) is 23.5 Å². The average Bonchev–Trinajstić information content (AvgIpc) is 3.28. The molecule has 0 unspecified atom stereocenters. The zero-order chi connectivity index (χ0) is 20.3. The molecule has 0 atom stereocenters. The van der Waals surface area contributed by atoms with Crippen molar-refractivity contribution >= 4 is 45.7 Å². The van der Waals surface area contributed by atoms with Crippen LogP contribution in [0.15, 0.2) is 45.0 Å². The van der Waals surface area contributed by atoms with Crippen molar-refractivity contribution in [3.05, 3.63) is 57.1 Å². The zero-order valence-electron chi connectivity index (χ0n) is 14.5. The lowest BCUT2D eigenvalue weighted by Gasteiger charge is -2.04. The minimum absolute atomic E-state index is 0.0315. The van der Waals surface area contributed by atoms with Gasteiger partial charge in [0, 0.05) is 17.0 Å². The van der Waals surface area contributed by atoms with Crippen LogP contribution in [0.2, 0.25) is 0 Å². The first-order valence-electron chi connectivity index (χ1n) is 7.86. The SMILES string of the molecule is Cc1ccc(-c2csc(NC(=O)CSc3ccc(C(N)=O)cc3[N+](=O)[O-])n2)o1. The third kappa shape index (κ3) is 4.56. The van der Waals surface area contributed by atoms with Crippen molar-refractivity contribution in [1.29, 1.82) is 0 Å². The second-order valence-electron chi connectivity index (χ2n) is 5.59. The van der Waals surface area contributed by atoms with Crippen LogP contribution in [-0.4, -0.2) is 27.5 Å². The van der Waals surface area contributed by atoms with Gasteiger partial charge < -0.3 is 15.5 Å². The maximum absolute atomic E-state index is 12.2. The van der Waals surface area contributed by atoms with Crippen LogP contribution < -0.4 is 11.1 Å². The first-order chi connectivity index (χ1) is 13.3. The van der Waals surface area contributed by atoms with E-state index in [0.717, 1.165) is 23.6 Å². The standard InChI is InChI=1S/C17H14N4O5S2/c1-9-2-4-13(26-9)11-7-28-17(19-11)20-15(22)8-27-14-5-3-10(16(18)23)6-12(14)21(24)25/h2-7H,8H2,1H3,(H2,18,23)(H,19,20,22). The topological polar surface area (TPSA) is 141 Å².